The first-order valence-electron chi connectivity index (χ1n) is 6.38. The second-order valence-electron chi connectivity index (χ2n) is 4.50. The van der Waals surface area contributed by atoms with Gasteiger partial charge >= 0.3 is 5.97 Å². The summed E-state index contributed by atoms with van der Waals surface area (Å²) in [5.41, 5.74) is 1.44. The summed E-state index contributed by atoms with van der Waals surface area (Å²) in [6.07, 6.45) is 3.38. The van der Waals surface area contributed by atoms with Gasteiger partial charge in [-0.15, -0.1) is 0 Å². The molecule has 0 atom stereocenters. The number of carbonyl (C=O) groups is 1. The minimum atomic E-state index is -0.320. The molecule has 0 saturated heterocycles. The number of rotatable bonds is 3. The molecule has 3 rings (SSSR count). The summed E-state index contributed by atoms with van der Waals surface area (Å²) < 4.78 is 5.28. The summed E-state index contributed by atoms with van der Waals surface area (Å²) in [6, 6.07) is 17.2. The predicted molar refractivity (Wildman–Crippen MR) is 77.3 cm³/mol. The third kappa shape index (κ3) is 2.67. The zero-order chi connectivity index (χ0) is 13.8. The van der Waals surface area contributed by atoms with Crippen LogP contribution >= 0.6 is 0 Å². The van der Waals surface area contributed by atoms with Crippen molar-refractivity contribution in [2.24, 2.45) is 0 Å². The molecule has 0 unspecified atom stereocenters. The lowest BCUT2D eigenvalue weighted by Gasteiger charge is -2.05. The molecule has 2 aromatic carbocycles. The van der Waals surface area contributed by atoms with Crippen molar-refractivity contribution in [3.8, 4) is 0 Å². The van der Waals surface area contributed by atoms with E-state index >= 15 is 0 Å². The molecular formula is C17H13NO2. The molecule has 0 aliphatic carbocycles. The molecular weight excluding hydrogens is 250 g/mol. The van der Waals surface area contributed by atoms with Gasteiger partial charge in [0.25, 0.3) is 0 Å². The van der Waals surface area contributed by atoms with Crippen LogP contribution in [0.1, 0.15) is 15.9 Å². The fourth-order valence-corrected chi connectivity index (χ4v) is 2.03. The fraction of sp³-hybridized carbons (Fsp3) is 0.0588. The molecule has 0 N–H and O–H groups in total. The SMILES string of the molecule is O=C(OCc1cccnc1)c1ccc2ccccc2c1. The number of fused-ring (bicyclic) bond motifs is 1. The number of ether oxygens (including phenoxy) is 1. The Labute approximate surface area is 116 Å². The maximum absolute atomic E-state index is 12.0. The molecule has 3 nitrogen and oxygen atoms in total. The van der Waals surface area contributed by atoms with E-state index in [-0.39, 0.29) is 12.6 Å². The van der Waals surface area contributed by atoms with Gasteiger partial charge in [0.1, 0.15) is 6.61 Å². The number of hydrogen-bond acceptors (Lipinski definition) is 3. The number of benzene rings is 2. The van der Waals surface area contributed by atoms with Crippen molar-refractivity contribution >= 4 is 16.7 Å². The Bertz CT molecular complexity index is 738. The van der Waals surface area contributed by atoms with E-state index in [1.807, 2.05) is 48.5 Å². The third-order valence-electron chi connectivity index (χ3n) is 3.08. The van der Waals surface area contributed by atoms with E-state index in [2.05, 4.69) is 4.98 Å². The molecule has 0 spiro atoms. The first-order valence-corrected chi connectivity index (χ1v) is 6.38. The summed E-state index contributed by atoms with van der Waals surface area (Å²) in [5, 5.41) is 2.14. The molecule has 0 fully saturated rings. The second-order valence-corrected chi connectivity index (χ2v) is 4.50. The number of hydrogen-bond donors (Lipinski definition) is 0. The number of esters is 1. The van der Waals surface area contributed by atoms with E-state index in [1.165, 1.54) is 0 Å². The van der Waals surface area contributed by atoms with Gasteiger partial charge in [0.05, 0.1) is 5.56 Å². The van der Waals surface area contributed by atoms with Crippen LogP contribution in [0, 0.1) is 0 Å². The predicted octanol–water partition coefficient (Wildman–Crippen LogP) is 3.59. The lowest BCUT2D eigenvalue weighted by atomic mass is 10.1. The fourth-order valence-electron chi connectivity index (χ4n) is 2.03. The zero-order valence-corrected chi connectivity index (χ0v) is 10.8. The van der Waals surface area contributed by atoms with Crippen molar-refractivity contribution in [2.75, 3.05) is 0 Å². The highest BCUT2D eigenvalue weighted by atomic mass is 16.5. The minimum absolute atomic E-state index is 0.236. The zero-order valence-electron chi connectivity index (χ0n) is 10.8. The lowest BCUT2D eigenvalue weighted by Crippen LogP contribution is -2.05. The van der Waals surface area contributed by atoms with Crippen molar-refractivity contribution in [3.05, 3.63) is 78.1 Å². The minimum Gasteiger partial charge on any atom is -0.457 e. The molecule has 1 heterocycles. The van der Waals surface area contributed by atoms with Crippen LogP contribution in [0.5, 0.6) is 0 Å². The monoisotopic (exact) mass is 263 g/mol. The van der Waals surface area contributed by atoms with Crippen LogP contribution in [0.3, 0.4) is 0 Å². The summed E-state index contributed by atoms with van der Waals surface area (Å²) in [4.78, 5) is 16.0. The maximum Gasteiger partial charge on any atom is 0.338 e. The van der Waals surface area contributed by atoms with Crippen molar-refractivity contribution in [1.29, 1.82) is 0 Å². The van der Waals surface area contributed by atoms with Gasteiger partial charge in [-0.3, -0.25) is 4.98 Å². The lowest BCUT2D eigenvalue weighted by molar-refractivity contribution is 0.0472. The van der Waals surface area contributed by atoms with Gasteiger partial charge < -0.3 is 4.74 Å². The van der Waals surface area contributed by atoms with E-state index in [0.717, 1.165) is 16.3 Å². The Morgan fingerprint density at radius 1 is 1.00 bits per heavy atom. The van der Waals surface area contributed by atoms with Crippen LogP contribution < -0.4 is 0 Å². The molecule has 1 aromatic heterocycles. The Hall–Kier alpha value is -2.68. The molecule has 98 valence electrons. The van der Waals surface area contributed by atoms with Crippen LogP contribution in [0.2, 0.25) is 0 Å². The van der Waals surface area contributed by atoms with Crippen molar-refractivity contribution in [1.82, 2.24) is 4.98 Å². The number of pyridine rings is 1. The molecule has 3 heteroatoms. The highest BCUT2D eigenvalue weighted by Crippen LogP contribution is 2.16. The van der Waals surface area contributed by atoms with Crippen molar-refractivity contribution < 1.29 is 9.53 Å². The highest BCUT2D eigenvalue weighted by molar-refractivity contribution is 5.95. The Morgan fingerprint density at radius 2 is 1.85 bits per heavy atom. The third-order valence-corrected chi connectivity index (χ3v) is 3.08. The smallest absolute Gasteiger partial charge is 0.338 e. The molecule has 20 heavy (non-hydrogen) atoms. The number of nitrogens with zero attached hydrogens (tertiary/aromatic N) is 1. The first-order chi connectivity index (χ1) is 9.83. The molecule has 0 aliphatic rings. The molecule has 0 saturated carbocycles. The number of carbonyl (C=O) groups excluding carboxylic acids is 1. The van der Waals surface area contributed by atoms with Crippen LogP contribution in [0.4, 0.5) is 0 Å². The quantitative estimate of drug-likeness (QED) is 0.678. The normalized spacial score (nSPS) is 10.4. The van der Waals surface area contributed by atoms with Crippen molar-refractivity contribution in [3.63, 3.8) is 0 Å². The number of aromatic nitrogens is 1. The van der Waals surface area contributed by atoms with E-state index in [9.17, 15) is 4.79 Å². The van der Waals surface area contributed by atoms with E-state index in [4.69, 9.17) is 4.74 Å². The van der Waals surface area contributed by atoms with Crippen LogP contribution in [-0.2, 0) is 11.3 Å². The average Bonchev–Trinajstić information content (AvgIpc) is 2.53. The van der Waals surface area contributed by atoms with Crippen LogP contribution in [0.15, 0.2) is 67.0 Å². The van der Waals surface area contributed by atoms with Gasteiger partial charge in [0, 0.05) is 18.0 Å². The van der Waals surface area contributed by atoms with Gasteiger partial charge in [0.15, 0.2) is 0 Å². The Morgan fingerprint density at radius 3 is 2.65 bits per heavy atom. The molecule has 0 amide bonds. The second kappa shape index (κ2) is 5.53. The summed E-state index contributed by atoms with van der Waals surface area (Å²) in [5.74, 6) is -0.320. The van der Waals surface area contributed by atoms with E-state index in [0.29, 0.717) is 5.56 Å². The average molecular weight is 263 g/mol. The van der Waals surface area contributed by atoms with Crippen LogP contribution in [-0.4, -0.2) is 11.0 Å². The Balaban J connectivity index is 1.75. The van der Waals surface area contributed by atoms with E-state index in [1.54, 1.807) is 18.5 Å². The molecule has 0 aliphatic heterocycles. The van der Waals surface area contributed by atoms with Gasteiger partial charge in [-0.2, -0.15) is 0 Å². The maximum atomic E-state index is 12.0. The molecule has 0 bridgehead atoms. The van der Waals surface area contributed by atoms with Gasteiger partial charge in [-0.25, -0.2) is 4.79 Å². The Kier molecular flexibility index (Phi) is 3.42. The summed E-state index contributed by atoms with van der Waals surface area (Å²) in [6.45, 7) is 0.236. The first kappa shape index (κ1) is 12.4. The largest absolute Gasteiger partial charge is 0.457 e. The van der Waals surface area contributed by atoms with E-state index < -0.39 is 0 Å². The summed E-state index contributed by atoms with van der Waals surface area (Å²) in [7, 11) is 0. The standard InChI is InChI=1S/C17H13NO2/c19-17(20-12-13-4-3-9-18-11-13)16-8-7-14-5-1-2-6-15(14)10-16/h1-11H,12H2. The van der Waals surface area contributed by atoms with Gasteiger partial charge in [-0.1, -0.05) is 36.4 Å². The topological polar surface area (TPSA) is 39.2 Å². The van der Waals surface area contributed by atoms with Crippen LogP contribution in [0.25, 0.3) is 10.8 Å². The highest BCUT2D eigenvalue weighted by Gasteiger charge is 2.08. The van der Waals surface area contributed by atoms with Gasteiger partial charge in [0.2, 0.25) is 0 Å². The van der Waals surface area contributed by atoms with Crippen molar-refractivity contribution in [2.45, 2.75) is 6.61 Å². The van der Waals surface area contributed by atoms with Gasteiger partial charge in [-0.05, 0) is 29.0 Å². The molecule has 0 radical (unpaired) electrons. The molecule has 3 aromatic rings. The summed E-state index contributed by atoms with van der Waals surface area (Å²) >= 11 is 0.